The number of likely N-dealkylation sites (tertiary alicyclic amines) is 1. The third-order valence-electron chi connectivity index (χ3n) is 3.77. The molecule has 0 aromatic heterocycles. The summed E-state index contributed by atoms with van der Waals surface area (Å²) in [4.78, 5) is 2.42. The largest absolute Gasteiger partial charge is 0.326 e. The van der Waals surface area contributed by atoms with Crippen LogP contribution in [0.5, 0.6) is 0 Å². The van der Waals surface area contributed by atoms with Crippen LogP contribution in [0.3, 0.4) is 0 Å². The maximum absolute atomic E-state index is 6.33. The number of piperidine rings is 1. The fourth-order valence-corrected chi connectivity index (χ4v) is 2.89. The number of rotatable bonds is 2. The Hall–Kier alpha value is -0.120. The summed E-state index contributed by atoms with van der Waals surface area (Å²) in [5.74, 6) is 0.712. The van der Waals surface area contributed by atoms with E-state index < -0.39 is 0 Å². The zero-order valence-corrected chi connectivity index (χ0v) is 9.21. The van der Waals surface area contributed by atoms with Gasteiger partial charge in [0.2, 0.25) is 0 Å². The highest BCUT2D eigenvalue weighted by molar-refractivity contribution is 4.90. The molecule has 2 aliphatic rings. The van der Waals surface area contributed by atoms with Crippen molar-refractivity contribution < 1.29 is 0 Å². The summed E-state index contributed by atoms with van der Waals surface area (Å²) in [5, 5.41) is 3.52. The first-order valence-electron chi connectivity index (χ1n) is 5.95. The smallest absolute Gasteiger partial charge is 0.0235 e. The van der Waals surface area contributed by atoms with E-state index in [0.29, 0.717) is 18.0 Å². The molecule has 14 heavy (non-hydrogen) atoms. The third kappa shape index (κ3) is 2.27. The maximum Gasteiger partial charge on any atom is 0.0235 e. The van der Waals surface area contributed by atoms with Gasteiger partial charge in [0, 0.05) is 18.6 Å². The fraction of sp³-hybridized carbons (Fsp3) is 1.00. The van der Waals surface area contributed by atoms with Gasteiger partial charge in [0.1, 0.15) is 0 Å². The van der Waals surface area contributed by atoms with Crippen molar-refractivity contribution in [1.29, 1.82) is 0 Å². The van der Waals surface area contributed by atoms with Gasteiger partial charge in [0.05, 0.1) is 0 Å². The molecule has 2 fully saturated rings. The Kier molecular flexibility index (Phi) is 3.42. The molecule has 2 heterocycles. The van der Waals surface area contributed by atoms with E-state index in [1.165, 1.54) is 45.3 Å². The fourth-order valence-electron chi connectivity index (χ4n) is 2.89. The zero-order valence-electron chi connectivity index (χ0n) is 9.21. The standard InChI is InChI=1S/C11H23N3/c1-14-7-3-4-9(8-14)11(12)10-5-2-6-13-10/h9-11,13H,2-8,12H2,1H3. The third-order valence-corrected chi connectivity index (χ3v) is 3.77. The van der Waals surface area contributed by atoms with Gasteiger partial charge in [0.15, 0.2) is 0 Å². The van der Waals surface area contributed by atoms with Gasteiger partial charge in [-0.05, 0) is 51.7 Å². The predicted octanol–water partition coefficient (Wildman–Crippen LogP) is 0.408. The highest BCUT2D eigenvalue weighted by Crippen LogP contribution is 2.22. The van der Waals surface area contributed by atoms with Gasteiger partial charge in [-0.2, -0.15) is 0 Å². The minimum Gasteiger partial charge on any atom is -0.326 e. The topological polar surface area (TPSA) is 41.3 Å². The summed E-state index contributed by atoms with van der Waals surface area (Å²) in [5.41, 5.74) is 6.33. The Morgan fingerprint density at radius 2 is 2.21 bits per heavy atom. The lowest BCUT2D eigenvalue weighted by Crippen LogP contribution is -2.51. The van der Waals surface area contributed by atoms with Crippen molar-refractivity contribution in [2.45, 2.75) is 37.8 Å². The molecular weight excluding hydrogens is 174 g/mol. The lowest BCUT2D eigenvalue weighted by Gasteiger charge is -2.35. The van der Waals surface area contributed by atoms with E-state index in [1.54, 1.807) is 0 Å². The van der Waals surface area contributed by atoms with E-state index in [1.807, 2.05) is 0 Å². The second-order valence-corrected chi connectivity index (χ2v) is 4.94. The van der Waals surface area contributed by atoms with Crippen molar-refractivity contribution in [3.8, 4) is 0 Å². The average molecular weight is 197 g/mol. The molecule has 2 rings (SSSR count). The molecule has 0 aromatic rings. The van der Waals surface area contributed by atoms with Crippen LogP contribution >= 0.6 is 0 Å². The van der Waals surface area contributed by atoms with Crippen LogP contribution < -0.4 is 11.1 Å². The van der Waals surface area contributed by atoms with Crippen LogP contribution in [0, 0.1) is 5.92 Å². The molecule has 0 bridgehead atoms. The monoisotopic (exact) mass is 197 g/mol. The average Bonchev–Trinajstić information content (AvgIpc) is 2.69. The number of nitrogens with zero attached hydrogens (tertiary/aromatic N) is 1. The van der Waals surface area contributed by atoms with Gasteiger partial charge in [-0.15, -0.1) is 0 Å². The lowest BCUT2D eigenvalue weighted by molar-refractivity contribution is 0.174. The van der Waals surface area contributed by atoms with Crippen molar-refractivity contribution in [2.75, 3.05) is 26.7 Å². The minimum absolute atomic E-state index is 0.375. The van der Waals surface area contributed by atoms with E-state index in [9.17, 15) is 0 Å². The molecule has 0 aromatic carbocycles. The highest BCUT2D eigenvalue weighted by Gasteiger charge is 2.30. The van der Waals surface area contributed by atoms with E-state index >= 15 is 0 Å². The molecule has 0 saturated carbocycles. The summed E-state index contributed by atoms with van der Waals surface area (Å²) < 4.78 is 0. The summed E-state index contributed by atoms with van der Waals surface area (Å²) >= 11 is 0. The van der Waals surface area contributed by atoms with E-state index in [-0.39, 0.29) is 0 Å². The normalized spacial score (nSPS) is 37.3. The predicted molar refractivity (Wildman–Crippen MR) is 59.2 cm³/mol. The molecular formula is C11H23N3. The van der Waals surface area contributed by atoms with Crippen LogP contribution in [0.4, 0.5) is 0 Å². The zero-order chi connectivity index (χ0) is 9.97. The van der Waals surface area contributed by atoms with Gasteiger partial charge in [-0.1, -0.05) is 0 Å². The molecule has 3 N–H and O–H groups in total. The van der Waals surface area contributed by atoms with Gasteiger partial charge >= 0.3 is 0 Å². The molecule has 3 atom stereocenters. The second-order valence-electron chi connectivity index (χ2n) is 4.94. The highest BCUT2D eigenvalue weighted by atomic mass is 15.1. The number of nitrogens with one attached hydrogen (secondary N) is 1. The van der Waals surface area contributed by atoms with Crippen LogP contribution in [0.15, 0.2) is 0 Å². The van der Waals surface area contributed by atoms with E-state index in [4.69, 9.17) is 5.73 Å². The molecule has 82 valence electrons. The summed E-state index contributed by atoms with van der Waals surface area (Å²) in [7, 11) is 2.21. The molecule has 3 unspecified atom stereocenters. The van der Waals surface area contributed by atoms with E-state index in [2.05, 4.69) is 17.3 Å². The van der Waals surface area contributed by atoms with Crippen LogP contribution in [0.25, 0.3) is 0 Å². The summed E-state index contributed by atoms with van der Waals surface area (Å²) in [6.45, 7) is 3.61. The number of nitrogens with two attached hydrogens (primary N) is 1. The van der Waals surface area contributed by atoms with Gasteiger partial charge in [-0.3, -0.25) is 0 Å². The number of hydrogen-bond donors (Lipinski definition) is 2. The van der Waals surface area contributed by atoms with Gasteiger partial charge in [0.25, 0.3) is 0 Å². The Balaban J connectivity index is 1.86. The summed E-state index contributed by atoms with van der Waals surface area (Å²) in [6.07, 6.45) is 5.23. The Bertz CT molecular complexity index is 177. The first-order valence-corrected chi connectivity index (χ1v) is 5.95. The molecule has 0 amide bonds. The first kappa shape index (κ1) is 10.4. The Morgan fingerprint density at radius 1 is 1.36 bits per heavy atom. The quantitative estimate of drug-likeness (QED) is 0.673. The molecule has 3 heteroatoms. The second kappa shape index (κ2) is 4.60. The van der Waals surface area contributed by atoms with Crippen molar-refractivity contribution in [2.24, 2.45) is 11.7 Å². The van der Waals surface area contributed by atoms with Crippen LogP contribution in [0.2, 0.25) is 0 Å². The lowest BCUT2D eigenvalue weighted by atomic mass is 9.87. The number of hydrogen-bond acceptors (Lipinski definition) is 3. The molecule has 0 spiro atoms. The Labute approximate surface area is 87.0 Å². The van der Waals surface area contributed by atoms with Crippen LogP contribution in [-0.4, -0.2) is 43.7 Å². The summed E-state index contributed by atoms with van der Waals surface area (Å²) in [6, 6.07) is 0.965. The van der Waals surface area contributed by atoms with E-state index in [0.717, 1.165) is 0 Å². The molecule has 0 aliphatic carbocycles. The van der Waals surface area contributed by atoms with Crippen molar-refractivity contribution in [1.82, 2.24) is 10.2 Å². The van der Waals surface area contributed by atoms with Crippen molar-refractivity contribution in [3.05, 3.63) is 0 Å². The molecule has 0 radical (unpaired) electrons. The first-order chi connectivity index (χ1) is 6.77. The van der Waals surface area contributed by atoms with Crippen molar-refractivity contribution >= 4 is 0 Å². The van der Waals surface area contributed by atoms with Crippen LogP contribution in [-0.2, 0) is 0 Å². The van der Waals surface area contributed by atoms with Crippen molar-refractivity contribution in [3.63, 3.8) is 0 Å². The van der Waals surface area contributed by atoms with Gasteiger partial charge < -0.3 is 16.0 Å². The SMILES string of the molecule is CN1CCCC(C(N)C2CCCN2)C1. The van der Waals surface area contributed by atoms with Gasteiger partial charge in [-0.25, -0.2) is 0 Å². The minimum atomic E-state index is 0.375. The Morgan fingerprint density at radius 3 is 2.86 bits per heavy atom. The molecule has 2 saturated heterocycles. The maximum atomic E-state index is 6.33. The van der Waals surface area contributed by atoms with Crippen LogP contribution in [0.1, 0.15) is 25.7 Å². The molecule has 3 nitrogen and oxygen atoms in total. The molecule has 2 aliphatic heterocycles.